The van der Waals surface area contributed by atoms with E-state index >= 15 is 0 Å². The quantitative estimate of drug-likeness (QED) is 0.715. The van der Waals surface area contributed by atoms with E-state index in [-0.39, 0.29) is 0 Å². The molecule has 0 saturated heterocycles. The van der Waals surface area contributed by atoms with Gasteiger partial charge in [-0.3, -0.25) is 0 Å². The molecule has 0 saturated carbocycles. The molecule has 1 aromatic carbocycles. The molecule has 0 spiro atoms. The van der Waals surface area contributed by atoms with E-state index in [1.54, 1.807) is 0 Å². The summed E-state index contributed by atoms with van der Waals surface area (Å²) in [6.45, 7) is 0. The Morgan fingerprint density at radius 2 is 1.86 bits per heavy atom. The fraction of sp³-hybridized carbons (Fsp3) is 0.125. The predicted octanol–water partition coefficient (Wildman–Crippen LogP) is 2.07. The highest BCUT2D eigenvalue weighted by Crippen LogP contribution is 2.22. The van der Waals surface area contributed by atoms with Crippen LogP contribution in [0.1, 0.15) is 10.4 Å². The average molecular weight is 206 g/mol. The van der Waals surface area contributed by atoms with Crippen LogP contribution in [0.5, 0.6) is 5.75 Å². The van der Waals surface area contributed by atoms with Gasteiger partial charge in [0, 0.05) is 0 Å². The van der Waals surface area contributed by atoms with Crippen molar-refractivity contribution in [2.24, 2.45) is 0 Å². The summed E-state index contributed by atoms with van der Waals surface area (Å²) in [5, 5.41) is 9.01. The Morgan fingerprint density at radius 1 is 1.29 bits per heavy atom. The number of carbonyl (C=O) groups is 1. The first-order valence-corrected chi connectivity index (χ1v) is 3.48. The number of hydrogen-bond donors (Lipinski definition) is 1. The van der Waals surface area contributed by atoms with E-state index in [0.29, 0.717) is 0 Å². The molecule has 0 fully saturated rings. The lowest BCUT2D eigenvalue weighted by Crippen LogP contribution is -2.19. The van der Waals surface area contributed by atoms with Crippen molar-refractivity contribution in [2.75, 3.05) is 0 Å². The van der Waals surface area contributed by atoms with Gasteiger partial charge in [0.25, 0.3) is 0 Å². The second kappa shape index (κ2) is 3.57. The van der Waals surface area contributed by atoms with Crippen LogP contribution in [-0.2, 0) is 4.74 Å². The molecule has 0 aliphatic rings. The van der Waals surface area contributed by atoms with Crippen LogP contribution < -0.4 is 0 Å². The second-order valence-corrected chi connectivity index (χ2v) is 2.35. The molecule has 6 heteroatoms. The van der Waals surface area contributed by atoms with Gasteiger partial charge in [-0.1, -0.05) is 12.1 Å². The van der Waals surface area contributed by atoms with Crippen LogP contribution >= 0.6 is 0 Å². The topological polar surface area (TPSA) is 46.5 Å². The number of rotatable bonds is 1. The third kappa shape index (κ3) is 2.65. The molecular weight excluding hydrogens is 201 g/mol. The standard InChI is InChI=1S/C8H5F3O3/c9-8(10,11)14-7(13)5-3-1-2-4-6(5)12/h1-4,12H. The van der Waals surface area contributed by atoms with E-state index in [4.69, 9.17) is 5.11 Å². The molecular formula is C8H5F3O3. The number of esters is 1. The van der Waals surface area contributed by atoms with E-state index in [0.717, 1.165) is 12.1 Å². The van der Waals surface area contributed by atoms with Gasteiger partial charge in [0.05, 0.1) is 0 Å². The minimum absolute atomic E-state index is 0.523. The SMILES string of the molecule is O=C(OC(F)(F)F)c1ccccc1O. The summed E-state index contributed by atoms with van der Waals surface area (Å²) in [4.78, 5) is 10.8. The van der Waals surface area contributed by atoms with Crippen molar-refractivity contribution in [1.82, 2.24) is 0 Å². The zero-order valence-corrected chi connectivity index (χ0v) is 6.71. The van der Waals surface area contributed by atoms with Gasteiger partial charge in [0.2, 0.25) is 0 Å². The summed E-state index contributed by atoms with van der Waals surface area (Å²) in [5.74, 6) is -2.18. The maximum Gasteiger partial charge on any atom is 0.575 e. The van der Waals surface area contributed by atoms with Gasteiger partial charge in [-0.05, 0) is 12.1 Å². The molecule has 0 unspecified atom stereocenters. The largest absolute Gasteiger partial charge is 0.575 e. The predicted molar refractivity (Wildman–Crippen MR) is 39.6 cm³/mol. The zero-order chi connectivity index (χ0) is 10.8. The lowest BCUT2D eigenvalue weighted by molar-refractivity contribution is -0.291. The molecule has 0 heterocycles. The van der Waals surface area contributed by atoms with Gasteiger partial charge in [-0.2, -0.15) is 0 Å². The van der Waals surface area contributed by atoms with Gasteiger partial charge >= 0.3 is 12.3 Å². The van der Waals surface area contributed by atoms with E-state index in [2.05, 4.69) is 4.74 Å². The van der Waals surface area contributed by atoms with E-state index in [9.17, 15) is 18.0 Å². The minimum Gasteiger partial charge on any atom is -0.507 e. The Balaban J connectivity index is 2.86. The lowest BCUT2D eigenvalue weighted by atomic mass is 10.2. The van der Waals surface area contributed by atoms with Crippen LogP contribution in [0, 0.1) is 0 Å². The maximum absolute atomic E-state index is 11.6. The molecule has 0 aliphatic heterocycles. The molecule has 3 nitrogen and oxygen atoms in total. The van der Waals surface area contributed by atoms with Crippen molar-refractivity contribution < 1.29 is 27.8 Å². The second-order valence-electron chi connectivity index (χ2n) is 2.35. The van der Waals surface area contributed by atoms with Crippen molar-refractivity contribution in [3.05, 3.63) is 29.8 Å². The van der Waals surface area contributed by atoms with Crippen LogP contribution in [0.3, 0.4) is 0 Å². The number of ether oxygens (including phenoxy) is 1. The molecule has 14 heavy (non-hydrogen) atoms. The maximum atomic E-state index is 11.6. The van der Waals surface area contributed by atoms with Crippen LogP contribution in [0.2, 0.25) is 0 Å². The Morgan fingerprint density at radius 3 is 2.36 bits per heavy atom. The van der Waals surface area contributed by atoms with Gasteiger partial charge in [0.1, 0.15) is 11.3 Å². The summed E-state index contributed by atoms with van der Waals surface area (Å²) in [6, 6.07) is 4.81. The first-order valence-electron chi connectivity index (χ1n) is 3.48. The van der Waals surface area contributed by atoms with Gasteiger partial charge in [-0.15, -0.1) is 13.2 Å². The molecule has 0 atom stereocenters. The smallest absolute Gasteiger partial charge is 0.507 e. The van der Waals surface area contributed by atoms with Crippen LogP contribution in [0.15, 0.2) is 24.3 Å². The van der Waals surface area contributed by atoms with Gasteiger partial charge in [0.15, 0.2) is 0 Å². The average Bonchev–Trinajstić information content (AvgIpc) is 2.01. The molecule has 1 rings (SSSR count). The molecule has 0 bridgehead atoms. The van der Waals surface area contributed by atoms with Gasteiger partial charge in [-0.25, -0.2) is 4.79 Å². The summed E-state index contributed by atoms with van der Waals surface area (Å²) >= 11 is 0. The third-order valence-electron chi connectivity index (χ3n) is 1.33. The van der Waals surface area contributed by atoms with Gasteiger partial charge < -0.3 is 9.84 Å². The third-order valence-corrected chi connectivity index (χ3v) is 1.33. The molecule has 1 aromatic rings. The number of halogens is 3. The van der Waals surface area contributed by atoms with Crippen LogP contribution in [0.4, 0.5) is 13.2 Å². The Bertz CT molecular complexity index is 346. The molecule has 0 aromatic heterocycles. The molecule has 0 radical (unpaired) electrons. The van der Waals surface area contributed by atoms with Crippen molar-refractivity contribution in [1.29, 1.82) is 0 Å². The Labute approximate surface area is 76.7 Å². The summed E-state index contributed by atoms with van der Waals surface area (Å²) in [5.41, 5.74) is -0.523. The number of phenolic OH excluding ortho intramolecular Hbond substituents is 1. The number of alkyl halides is 3. The number of carbonyl (C=O) groups excluding carboxylic acids is 1. The molecule has 0 amide bonds. The number of aromatic hydroxyl groups is 1. The Hall–Kier alpha value is -1.72. The highest BCUT2D eigenvalue weighted by Gasteiger charge is 2.35. The molecule has 76 valence electrons. The number of benzene rings is 1. The summed E-state index contributed by atoms with van der Waals surface area (Å²) in [7, 11) is 0. The molecule has 1 N–H and O–H groups in total. The van der Waals surface area contributed by atoms with Crippen LogP contribution in [0.25, 0.3) is 0 Å². The van der Waals surface area contributed by atoms with Crippen molar-refractivity contribution in [3.8, 4) is 5.75 Å². The van der Waals surface area contributed by atoms with E-state index in [1.807, 2.05) is 0 Å². The monoisotopic (exact) mass is 206 g/mol. The fourth-order valence-electron chi connectivity index (χ4n) is 0.806. The minimum atomic E-state index is -5.04. The van der Waals surface area contributed by atoms with E-state index < -0.39 is 23.6 Å². The number of phenols is 1. The normalized spacial score (nSPS) is 11.1. The number of hydrogen-bond acceptors (Lipinski definition) is 3. The highest BCUT2D eigenvalue weighted by molar-refractivity contribution is 5.92. The van der Waals surface area contributed by atoms with Crippen LogP contribution in [-0.4, -0.2) is 17.4 Å². The lowest BCUT2D eigenvalue weighted by Gasteiger charge is -2.07. The van der Waals surface area contributed by atoms with Crippen molar-refractivity contribution in [3.63, 3.8) is 0 Å². The first-order chi connectivity index (χ1) is 6.40. The zero-order valence-electron chi connectivity index (χ0n) is 6.71. The first kappa shape index (κ1) is 10.4. The molecule has 0 aliphatic carbocycles. The Kier molecular flexibility index (Phi) is 2.64. The highest BCUT2D eigenvalue weighted by atomic mass is 19.4. The van der Waals surface area contributed by atoms with Crippen molar-refractivity contribution in [2.45, 2.75) is 6.36 Å². The number of para-hydroxylation sites is 1. The summed E-state index contributed by atoms with van der Waals surface area (Å²) in [6.07, 6.45) is -5.04. The van der Waals surface area contributed by atoms with E-state index in [1.165, 1.54) is 12.1 Å². The fourth-order valence-corrected chi connectivity index (χ4v) is 0.806. The summed E-state index contributed by atoms with van der Waals surface area (Å²) < 4.78 is 37.9. The van der Waals surface area contributed by atoms with Crippen molar-refractivity contribution >= 4 is 5.97 Å².